The van der Waals surface area contributed by atoms with Crippen LogP contribution in [0.1, 0.15) is 15.9 Å². The molecule has 6 heteroatoms. The normalized spacial score (nSPS) is 10.8. The number of hydrogen-bond donors (Lipinski definition) is 2. The summed E-state index contributed by atoms with van der Waals surface area (Å²) in [5, 5.41) is 7.02. The summed E-state index contributed by atoms with van der Waals surface area (Å²) in [6.45, 7) is 0. The fourth-order valence-corrected chi connectivity index (χ4v) is 4.10. The van der Waals surface area contributed by atoms with Crippen LogP contribution in [0.15, 0.2) is 78.0 Å². The summed E-state index contributed by atoms with van der Waals surface area (Å²) < 4.78 is 2.11. The van der Waals surface area contributed by atoms with Gasteiger partial charge in [0.25, 0.3) is 5.91 Å². The highest BCUT2D eigenvalue weighted by molar-refractivity contribution is 7.98. The largest absolute Gasteiger partial charge is 0.386 e. The highest BCUT2D eigenvalue weighted by atomic mass is 32.2. The van der Waals surface area contributed by atoms with Gasteiger partial charge >= 0.3 is 0 Å². The first-order valence-corrected chi connectivity index (χ1v) is 10.4. The van der Waals surface area contributed by atoms with E-state index in [2.05, 4.69) is 21.3 Å². The van der Waals surface area contributed by atoms with Gasteiger partial charge in [-0.3, -0.25) is 4.79 Å². The maximum atomic E-state index is 12.6. The van der Waals surface area contributed by atoms with Crippen LogP contribution in [-0.2, 0) is 12.8 Å². The van der Waals surface area contributed by atoms with Crippen LogP contribution in [-0.4, -0.2) is 22.5 Å². The van der Waals surface area contributed by atoms with Gasteiger partial charge in [-0.1, -0.05) is 48.2 Å². The van der Waals surface area contributed by atoms with E-state index in [0.29, 0.717) is 5.56 Å². The zero-order valence-electron chi connectivity index (χ0n) is 16.3. The molecular formula is C23H22N4OS. The Hall–Kier alpha value is -3.25. The second-order valence-corrected chi connectivity index (χ2v) is 7.62. The third-order valence-corrected chi connectivity index (χ3v) is 5.88. The molecule has 1 heterocycles. The minimum Gasteiger partial charge on any atom is -0.386 e. The summed E-state index contributed by atoms with van der Waals surface area (Å²) in [6.07, 6.45) is 0. The van der Waals surface area contributed by atoms with Crippen LogP contribution in [0.2, 0.25) is 0 Å². The Morgan fingerprint density at radius 3 is 2.38 bits per heavy atom. The first kappa shape index (κ1) is 19.1. The number of imidazole rings is 1. The second kappa shape index (κ2) is 8.41. The summed E-state index contributed by atoms with van der Waals surface area (Å²) in [6, 6.07) is 23.5. The SMILES string of the molecule is CNc1ccccc1NC(=O)c1ccc(CSc2nc3ccccc3n2C)cc1. The molecule has 1 aromatic heterocycles. The van der Waals surface area contributed by atoms with Gasteiger partial charge in [-0.05, 0) is 42.0 Å². The van der Waals surface area contributed by atoms with Crippen molar-refractivity contribution in [3.63, 3.8) is 0 Å². The number of carbonyl (C=O) groups excluding carboxylic acids is 1. The summed E-state index contributed by atoms with van der Waals surface area (Å²) in [5.41, 5.74) is 5.56. The van der Waals surface area contributed by atoms with Crippen molar-refractivity contribution in [2.45, 2.75) is 10.9 Å². The van der Waals surface area contributed by atoms with Crippen molar-refractivity contribution in [2.75, 3.05) is 17.7 Å². The molecule has 4 aromatic rings. The maximum absolute atomic E-state index is 12.6. The number of amides is 1. The Balaban J connectivity index is 1.42. The van der Waals surface area contributed by atoms with Crippen LogP contribution >= 0.6 is 11.8 Å². The van der Waals surface area contributed by atoms with E-state index in [1.807, 2.05) is 80.8 Å². The predicted octanol–water partition coefficient (Wildman–Crippen LogP) is 5.16. The minimum atomic E-state index is -0.123. The second-order valence-electron chi connectivity index (χ2n) is 6.68. The molecule has 0 radical (unpaired) electrons. The number of aryl methyl sites for hydroxylation is 1. The first-order chi connectivity index (χ1) is 14.2. The third kappa shape index (κ3) is 4.12. The van der Waals surface area contributed by atoms with Crippen LogP contribution in [0.25, 0.3) is 11.0 Å². The van der Waals surface area contributed by atoms with Crippen molar-refractivity contribution in [1.29, 1.82) is 0 Å². The molecular weight excluding hydrogens is 380 g/mol. The molecule has 146 valence electrons. The van der Waals surface area contributed by atoms with Crippen molar-refractivity contribution in [3.8, 4) is 0 Å². The standard InChI is InChI=1S/C23H22N4OS/c1-24-18-7-3-4-8-19(18)25-22(28)17-13-11-16(12-14-17)15-29-23-26-20-9-5-6-10-21(20)27(23)2/h3-14,24H,15H2,1-2H3,(H,25,28). The monoisotopic (exact) mass is 402 g/mol. The number of para-hydroxylation sites is 4. The number of nitrogens with zero attached hydrogens (tertiary/aromatic N) is 2. The van der Waals surface area contributed by atoms with E-state index in [4.69, 9.17) is 4.98 Å². The number of thioether (sulfide) groups is 1. The van der Waals surface area contributed by atoms with Gasteiger partial charge in [0, 0.05) is 25.4 Å². The van der Waals surface area contributed by atoms with Crippen molar-refractivity contribution < 1.29 is 4.79 Å². The lowest BCUT2D eigenvalue weighted by Crippen LogP contribution is -2.13. The molecule has 0 fully saturated rings. The van der Waals surface area contributed by atoms with E-state index in [9.17, 15) is 4.79 Å². The molecule has 0 aliphatic heterocycles. The number of rotatable bonds is 6. The fourth-order valence-electron chi connectivity index (χ4n) is 3.16. The lowest BCUT2D eigenvalue weighted by atomic mass is 10.1. The van der Waals surface area contributed by atoms with Crippen LogP contribution in [0.5, 0.6) is 0 Å². The molecule has 0 bridgehead atoms. The lowest BCUT2D eigenvalue weighted by molar-refractivity contribution is 0.102. The Morgan fingerprint density at radius 2 is 1.66 bits per heavy atom. The first-order valence-electron chi connectivity index (χ1n) is 9.37. The summed E-state index contributed by atoms with van der Waals surface area (Å²) in [5.74, 6) is 0.670. The quantitative estimate of drug-likeness (QED) is 0.438. The molecule has 0 aliphatic rings. The lowest BCUT2D eigenvalue weighted by Gasteiger charge is -2.10. The number of anilines is 2. The van der Waals surface area contributed by atoms with E-state index >= 15 is 0 Å². The van der Waals surface area contributed by atoms with E-state index in [1.54, 1.807) is 11.8 Å². The van der Waals surface area contributed by atoms with Crippen molar-refractivity contribution >= 4 is 40.1 Å². The summed E-state index contributed by atoms with van der Waals surface area (Å²) in [4.78, 5) is 17.3. The molecule has 0 atom stereocenters. The topological polar surface area (TPSA) is 58.9 Å². The van der Waals surface area contributed by atoms with E-state index in [-0.39, 0.29) is 5.91 Å². The van der Waals surface area contributed by atoms with Gasteiger partial charge < -0.3 is 15.2 Å². The van der Waals surface area contributed by atoms with E-state index < -0.39 is 0 Å². The Kier molecular flexibility index (Phi) is 5.53. The van der Waals surface area contributed by atoms with Crippen LogP contribution in [0.3, 0.4) is 0 Å². The van der Waals surface area contributed by atoms with Crippen LogP contribution in [0.4, 0.5) is 11.4 Å². The van der Waals surface area contributed by atoms with Gasteiger partial charge in [0.15, 0.2) is 5.16 Å². The fraction of sp³-hybridized carbons (Fsp3) is 0.130. The molecule has 0 saturated carbocycles. The number of hydrogen-bond acceptors (Lipinski definition) is 4. The molecule has 5 nitrogen and oxygen atoms in total. The molecule has 0 aliphatic carbocycles. The number of aromatic nitrogens is 2. The Morgan fingerprint density at radius 1 is 0.966 bits per heavy atom. The summed E-state index contributed by atoms with van der Waals surface area (Å²) >= 11 is 1.69. The molecule has 4 rings (SSSR count). The molecule has 1 amide bonds. The van der Waals surface area contributed by atoms with Gasteiger partial charge in [-0.2, -0.15) is 0 Å². The van der Waals surface area contributed by atoms with Crippen LogP contribution < -0.4 is 10.6 Å². The zero-order chi connectivity index (χ0) is 20.2. The average Bonchev–Trinajstić information content (AvgIpc) is 3.09. The van der Waals surface area contributed by atoms with Gasteiger partial charge in [0.2, 0.25) is 0 Å². The molecule has 29 heavy (non-hydrogen) atoms. The minimum absolute atomic E-state index is 0.123. The third-order valence-electron chi connectivity index (χ3n) is 4.77. The molecule has 0 saturated heterocycles. The molecule has 2 N–H and O–H groups in total. The average molecular weight is 403 g/mol. The van der Waals surface area contributed by atoms with E-state index in [0.717, 1.165) is 38.9 Å². The Labute approximate surface area is 174 Å². The van der Waals surface area contributed by atoms with Crippen molar-refractivity contribution in [2.24, 2.45) is 7.05 Å². The Bertz CT molecular complexity index is 1150. The number of fused-ring (bicyclic) bond motifs is 1. The van der Waals surface area contributed by atoms with Crippen LogP contribution in [0, 0.1) is 0 Å². The summed E-state index contributed by atoms with van der Waals surface area (Å²) in [7, 11) is 3.87. The number of benzene rings is 3. The highest BCUT2D eigenvalue weighted by Crippen LogP contribution is 2.26. The smallest absolute Gasteiger partial charge is 0.255 e. The van der Waals surface area contributed by atoms with E-state index in [1.165, 1.54) is 0 Å². The zero-order valence-corrected chi connectivity index (χ0v) is 17.2. The number of carbonyl (C=O) groups is 1. The van der Waals surface area contributed by atoms with Gasteiger partial charge in [0.05, 0.1) is 22.4 Å². The van der Waals surface area contributed by atoms with Crippen molar-refractivity contribution in [1.82, 2.24) is 9.55 Å². The highest BCUT2D eigenvalue weighted by Gasteiger charge is 2.10. The van der Waals surface area contributed by atoms with Gasteiger partial charge in [-0.25, -0.2) is 4.98 Å². The predicted molar refractivity (Wildman–Crippen MR) is 121 cm³/mol. The molecule has 0 spiro atoms. The van der Waals surface area contributed by atoms with Gasteiger partial charge in [0.1, 0.15) is 0 Å². The molecule has 3 aromatic carbocycles. The van der Waals surface area contributed by atoms with Crippen molar-refractivity contribution in [3.05, 3.63) is 83.9 Å². The van der Waals surface area contributed by atoms with Gasteiger partial charge in [-0.15, -0.1) is 0 Å². The molecule has 0 unspecified atom stereocenters. The maximum Gasteiger partial charge on any atom is 0.255 e. The number of nitrogens with one attached hydrogen (secondary N) is 2.